The van der Waals surface area contributed by atoms with Crippen molar-refractivity contribution in [1.29, 1.82) is 0 Å². The highest BCUT2D eigenvalue weighted by molar-refractivity contribution is 5.95. The normalized spacial score (nSPS) is 10.6. The van der Waals surface area contributed by atoms with Crippen LogP contribution >= 0.6 is 0 Å². The molecule has 140 valence electrons. The van der Waals surface area contributed by atoms with Gasteiger partial charge in [0.15, 0.2) is 0 Å². The van der Waals surface area contributed by atoms with Gasteiger partial charge in [0, 0.05) is 31.2 Å². The number of hydrogen-bond acceptors (Lipinski definition) is 4. The van der Waals surface area contributed by atoms with Gasteiger partial charge in [-0.15, -0.1) is 0 Å². The Morgan fingerprint density at radius 2 is 1.89 bits per heavy atom. The molecule has 1 amide bonds. The molecular formula is C22H25N3O2. The molecule has 2 aromatic carbocycles. The second kappa shape index (κ2) is 9.03. The number of unbranched alkanes of at least 4 members (excludes halogenated alkanes) is 1. The molecule has 0 aliphatic rings. The van der Waals surface area contributed by atoms with Crippen molar-refractivity contribution in [2.75, 3.05) is 32.1 Å². The number of carbonyl (C=O) groups is 1. The Hall–Kier alpha value is -3.08. The molecule has 5 heteroatoms. The van der Waals surface area contributed by atoms with Gasteiger partial charge in [-0.2, -0.15) is 0 Å². The number of anilines is 1. The lowest BCUT2D eigenvalue weighted by molar-refractivity contribution is 0.0948. The van der Waals surface area contributed by atoms with Crippen LogP contribution < -0.4 is 15.0 Å². The molecule has 0 unspecified atom stereocenters. The first kappa shape index (κ1) is 18.7. The first-order valence-electron chi connectivity index (χ1n) is 9.16. The maximum atomic E-state index is 12.3. The van der Waals surface area contributed by atoms with Gasteiger partial charge in [0.25, 0.3) is 5.91 Å². The van der Waals surface area contributed by atoms with Gasteiger partial charge in [-0.25, -0.2) is 4.98 Å². The minimum atomic E-state index is -0.135. The van der Waals surface area contributed by atoms with Gasteiger partial charge in [0.1, 0.15) is 11.4 Å². The van der Waals surface area contributed by atoms with Gasteiger partial charge < -0.3 is 15.0 Å². The van der Waals surface area contributed by atoms with Gasteiger partial charge in [0.2, 0.25) is 0 Å². The van der Waals surface area contributed by atoms with Crippen LogP contribution in [-0.2, 0) is 0 Å². The molecule has 1 aromatic heterocycles. The zero-order valence-electron chi connectivity index (χ0n) is 15.8. The van der Waals surface area contributed by atoms with E-state index < -0.39 is 0 Å². The van der Waals surface area contributed by atoms with Crippen LogP contribution in [0.3, 0.4) is 0 Å². The van der Waals surface area contributed by atoms with Crippen LogP contribution in [0.1, 0.15) is 23.3 Å². The molecule has 0 aliphatic heterocycles. The Balaban J connectivity index is 1.46. The SMILES string of the molecule is COc1ccc2nc(C(=O)NCCCCN(C)c3ccccc3)ccc2c1. The summed E-state index contributed by atoms with van der Waals surface area (Å²) in [5.74, 6) is 0.645. The average molecular weight is 363 g/mol. The molecule has 0 bridgehead atoms. The number of nitrogens with one attached hydrogen (secondary N) is 1. The largest absolute Gasteiger partial charge is 0.497 e. The molecule has 0 saturated heterocycles. The molecule has 0 fully saturated rings. The fraction of sp³-hybridized carbons (Fsp3) is 0.273. The number of methoxy groups -OCH3 is 1. The summed E-state index contributed by atoms with van der Waals surface area (Å²) in [5.41, 5.74) is 2.43. The second-order valence-electron chi connectivity index (χ2n) is 6.48. The lowest BCUT2D eigenvalue weighted by Crippen LogP contribution is -2.26. The lowest BCUT2D eigenvalue weighted by atomic mass is 10.2. The van der Waals surface area contributed by atoms with Crippen molar-refractivity contribution in [3.63, 3.8) is 0 Å². The summed E-state index contributed by atoms with van der Waals surface area (Å²) in [6.45, 7) is 1.60. The van der Waals surface area contributed by atoms with Crippen LogP contribution in [0.15, 0.2) is 60.7 Å². The van der Waals surface area contributed by atoms with E-state index in [1.54, 1.807) is 13.2 Å². The van der Waals surface area contributed by atoms with Crippen LogP contribution in [0, 0.1) is 0 Å². The molecule has 0 spiro atoms. The number of amides is 1. The average Bonchev–Trinajstić information content (AvgIpc) is 2.73. The van der Waals surface area contributed by atoms with E-state index in [4.69, 9.17) is 4.74 Å². The number of carbonyl (C=O) groups excluding carboxylic acids is 1. The first-order valence-corrected chi connectivity index (χ1v) is 9.16. The maximum absolute atomic E-state index is 12.3. The third-order valence-electron chi connectivity index (χ3n) is 4.53. The molecule has 0 atom stereocenters. The molecule has 3 rings (SSSR count). The Morgan fingerprint density at radius 3 is 2.67 bits per heavy atom. The molecule has 0 aliphatic carbocycles. The molecular weight excluding hydrogens is 338 g/mol. The zero-order valence-corrected chi connectivity index (χ0v) is 15.8. The monoisotopic (exact) mass is 363 g/mol. The third kappa shape index (κ3) is 4.97. The van der Waals surface area contributed by atoms with E-state index >= 15 is 0 Å². The van der Waals surface area contributed by atoms with E-state index in [2.05, 4.69) is 34.4 Å². The Kier molecular flexibility index (Phi) is 6.26. The van der Waals surface area contributed by atoms with Gasteiger partial charge in [-0.05, 0) is 49.2 Å². The molecule has 0 saturated carbocycles. The number of nitrogens with zero attached hydrogens (tertiary/aromatic N) is 2. The third-order valence-corrected chi connectivity index (χ3v) is 4.53. The number of ether oxygens (including phenoxy) is 1. The van der Waals surface area contributed by atoms with E-state index in [-0.39, 0.29) is 5.91 Å². The summed E-state index contributed by atoms with van der Waals surface area (Å²) in [5, 5.41) is 3.91. The summed E-state index contributed by atoms with van der Waals surface area (Å²) in [4.78, 5) is 19.0. The number of rotatable bonds is 8. The minimum absolute atomic E-state index is 0.135. The highest BCUT2D eigenvalue weighted by atomic mass is 16.5. The fourth-order valence-corrected chi connectivity index (χ4v) is 2.94. The standard InChI is InChI=1S/C22H25N3O2/c1-25(18-8-4-3-5-9-18)15-7-6-14-23-22(26)21-12-10-17-16-19(27-2)11-13-20(17)24-21/h3-5,8-13,16H,6-7,14-15H2,1-2H3,(H,23,26). The highest BCUT2D eigenvalue weighted by Gasteiger charge is 2.08. The van der Waals surface area contributed by atoms with E-state index in [1.165, 1.54) is 5.69 Å². The van der Waals surface area contributed by atoms with E-state index in [1.807, 2.05) is 42.5 Å². The van der Waals surface area contributed by atoms with Crippen LogP contribution in [-0.4, -0.2) is 38.1 Å². The number of fused-ring (bicyclic) bond motifs is 1. The molecule has 1 heterocycles. The molecule has 1 N–H and O–H groups in total. The summed E-state index contributed by atoms with van der Waals surface area (Å²) < 4.78 is 5.21. The predicted octanol–water partition coefficient (Wildman–Crippen LogP) is 3.89. The Labute approximate surface area is 160 Å². The van der Waals surface area contributed by atoms with Crippen molar-refractivity contribution in [3.8, 4) is 5.75 Å². The van der Waals surface area contributed by atoms with Crippen molar-refractivity contribution in [1.82, 2.24) is 10.3 Å². The number of pyridine rings is 1. The smallest absolute Gasteiger partial charge is 0.269 e. The second-order valence-corrected chi connectivity index (χ2v) is 6.48. The Morgan fingerprint density at radius 1 is 1.07 bits per heavy atom. The van der Waals surface area contributed by atoms with Gasteiger partial charge in [-0.3, -0.25) is 4.79 Å². The van der Waals surface area contributed by atoms with Gasteiger partial charge >= 0.3 is 0 Å². The highest BCUT2D eigenvalue weighted by Crippen LogP contribution is 2.19. The molecule has 5 nitrogen and oxygen atoms in total. The van der Waals surface area contributed by atoms with E-state index in [0.29, 0.717) is 12.2 Å². The number of benzene rings is 2. The molecule has 27 heavy (non-hydrogen) atoms. The Bertz CT molecular complexity index is 896. The topological polar surface area (TPSA) is 54.5 Å². The van der Waals surface area contributed by atoms with E-state index in [9.17, 15) is 4.79 Å². The van der Waals surface area contributed by atoms with Crippen molar-refractivity contribution in [3.05, 3.63) is 66.4 Å². The minimum Gasteiger partial charge on any atom is -0.497 e. The van der Waals surface area contributed by atoms with Crippen molar-refractivity contribution < 1.29 is 9.53 Å². The molecule has 3 aromatic rings. The summed E-state index contributed by atoms with van der Waals surface area (Å²) in [6, 6.07) is 19.6. The van der Waals surface area contributed by atoms with Gasteiger partial charge in [0.05, 0.1) is 12.6 Å². The maximum Gasteiger partial charge on any atom is 0.269 e. The fourth-order valence-electron chi connectivity index (χ4n) is 2.94. The predicted molar refractivity (Wildman–Crippen MR) is 110 cm³/mol. The first-order chi connectivity index (χ1) is 13.2. The summed E-state index contributed by atoms with van der Waals surface area (Å²) >= 11 is 0. The van der Waals surface area contributed by atoms with Crippen LogP contribution in [0.2, 0.25) is 0 Å². The zero-order chi connectivity index (χ0) is 19.1. The van der Waals surface area contributed by atoms with Crippen LogP contribution in [0.4, 0.5) is 5.69 Å². The number of para-hydroxylation sites is 1. The molecule has 0 radical (unpaired) electrons. The number of hydrogen-bond donors (Lipinski definition) is 1. The van der Waals surface area contributed by atoms with Crippen LogP contribution in [0.5, 0.6) is 5.75 Å². The number of aromatic nitrogens is 1. The van der Waals surface area contributed by atoms with Crippen molar-refractivity contribution >= 4 is 22.5 Å². The van der Waals surface area contributed by atoms with Gasteiger partial charge in [-0.1, -0.05) is 24.3 Å². The van der Waals surface area contributed by atoms with Crippen LogP contribution in [0.25, 0.3) is 10.9 Å². The van der Waals surface area contributed by atoms with E-state index in [0.717, 1.165) is 36.0 Å². The quantitative estimate of drug-likeness (QED) is 0.617. The van der Waals surface area contributed by atoms with Crippen molar-refractivity contribution in [2.24, 2.45) is 0 Å². The summed E-state index contributed by atoms with van der Waals surface area (Å²) in [7, 11) is 3.72. The summed E-state index contributed by atoms with van der Waals surface area (Å²) in [6.07, 6.45) is 1.93. The van der Waals surface area contributed by atoms with Crippen molar-refractivity contribution in [2.45, 2.75) is 12.8 Å². The lowest BCUT2D eigenvalue weighted by Gasteiger charge is -2.19.